The molecule has 0 aromatic carbocycles. The first-order valence-corrected chi connectivity index (χ1v) is 5.89. The van der Waals surface area contributed by atoms with Crippen LogP contribution in [0.2, 0.25) is 0 Å². The SMILES string of the molecule is C=C/C(NCC)=C(/C1CC[C@@H]1C)N(C)C. The predicted molar refractivity (Wildman–Crippen MR) is 66.5 cm³/mol. The summed E-state index contributed by atoms with van der Waals surface area (Å²) in [6, 6.07) is 0. The first kappa shape index (κ1) is 12.2. The quantitative estimate of drug-likeness (QED) is 0.699. The van der Waals surface area contributed by atoms with Gasteiger partial charge in [0.1, 0.15) is 0 Å². The Bertz CT molecular complexity index is 253. The first-order valence-electron chi connectivity index (χ1n) is 5.89. The number of nitrogens with one attached hydrogen (secondary N) is 1. The van der Waals surface area contributed by atoms with E-state index in [4.69, 9.17) is 0 Å². The molecule has 0 bridgehead atoms. The highest BCUT2D eigenvalue weighted by atomic mass is 15.1. The average molecular weight is 208 g/mol. The van der Waals surface area contributed by atoms with Crippen LogP contribution < -0.4 is 5.32 Å². The van der Waals surface area contributed by atoms with E-state index in [0.29, 0.717) is 5.92 Å². The molecule has 15 heavy (non-hydrogen) atoms. The molecule has 1 fully saturated rings. The zero-order valence-electron chi connectivity index (χ0n) is 10.5. The molecule has 2 heteroatoms. The number of hydrogen-bond donors (Lipinski definition) is 1. The fraction of sp³-hybridized carbons (Fsp3) is 0.692. The molecule has 1 aliphatic rings. The maximum atomic E-state index is 3.90. The molecule has 0 radical (unpaired) electrons. The molecule has 0 saturated heterocycles. The fourth-order valence-electron chi connectivity index (χ4n) is 2.30. The second-order valence-electron chi connectivity index (χ2n) is 4.59. The smallest absolute Gasteiger partial charge is 0.0531 e. The standard InChI is InChI=1S/C13H24N2/c1-6-12(14-7-2)13(15(4)5)11-9-8-10(11)3/h6,10-11,14H,1,7-9H2,2-5H3/b13-12+/t10-,11?/m0/s1. The summed E-state index contributed by atoms with van der Waals surface area (Å²) >= 11 is 0. The number of likely N-dealkylation sites (N-methyl/N-ethyl adjacent to an activating group) is 1. The van der Waals surface area contributed by atoms with E-state index < -0.39 is 0 Å². The van der Waals surface area contributed by atoms with E-state index in [9.17, 15) is 0 Å². The van der Waals surface area contributed by atoms with E-state index in [1.54, 1.807) is 0 Å². The van der Waals surface area contributed by atoms with Crippen LogP contribution in [-0.4, -0.2) is 25.5 Å². The lowest BCUT2D eigenvalue weighted by Crippen LogP contribution is -2.34. The van der Waals surface area contributed by atoms with Gasteiger partial charge in [-0.2, -0.15) is 0 Å². The largest absolute Gasteiger partial charge is 0.384 e. The number of allylic oxidation sites excluding steroid dienone is 2. The lowest BCUT2D eigenvalue weighted by atomic mass is 9.72. The summed E-state index contributed by atoms with van der Waals surface area (Å²) in [6.07, 6.45) is 4.62. The summed E-state index contributed by atoms with van der Waals surface area (Å²) in [6.45, 7) is 9.32. The maximum absolute atomic E-state index is 3.90. The summed E-state index contributed by atoms with van der Waals surface area (Å²) in [7, 11) is 4.25. The molecule has 0 aromatic rings. The van der Waals surface area contributed by atoms with Gasteiger partial charge in [0, 0.05) is 32.3 Å². The highest BCUT2D eigenvalue weighted by Gasteiger charge is 2.32. The van der Waals surface area contributed by atoms with Crippen LogP contribution in [0.1, 0.15) is 26.7 Å². The third kappa shape index (κ3) is 2.55. The van der Waals surface area contributed by atoms with Crippen molar-refractivity contribution < 1.29 is 0 Å². The first-order chi connectivity index (χ1) is 7.11. The Hall–Kier alpha value is -0.920. The maximum Gasteiger partial charge on any atom is 0.0531 e. The Morgan fingerprint density at radius 1 is 1.47 bits per heavy atom. The Kier molecular flexibility index (Phi) is 4.25. The van der Waals surface area contributed by atoms with Crippen molar-refractivity contribution in [1.29, 1.82) is 0 Å². The Labute approximate surface area is 94.0 Å². The van der Waals surface area contributed by atoms with E-state index in [1.807, 2.05) is 6.08 Å². The van der Waals surface area contributed by atoms with Gasteiger partial charge in [-0.3, -0.25) is 0 Å². The van der Waals surface area contributed by atoms with Crippen LogP contribution in [-0.2, 0) is 0 Å². The van der Waals surface area contributed by atoms with Gasteiger partial charge in [0.15, 0.2) is 0 Å². The lowest BCUT2D eigenvalue weighted by Gasteiger charge is -2.40. The molecular formula is C13H24N2. The van der Waals surface area contributed by atoms with Crippen molar-refractivity contribution in [2.45, 2.75) is 26.7 Å². The van der Waals surface area contributed by atoms with Crippen LogP contribution >= 0.6 is 0 Å². The molecule has 1 saturated carbocycles. The molecule has 1 aliphatic carbocycles. The van der Waals surface area contributed by atoms with Crippen LogP contribution in [0.15, 0.2) is 24.0 Å². The van der Waals surface area contributed by atoms with Gasteiger partial charge in [0.05, 0.1) is 5.70 Å². The summed E-state index contributed by atoms with van der Waals surface area (Å²) in [5.74, 6) is 1.53. The van der Waals surface area contributed by atoms with Gasteiger partial charge in [-0.25, -0.2) is 0 Å². The monoisotopic (exact) mass is 208 g/mol. The van der Waals surface area contributed by atoms with Crippen LogP contribution in [0.3, 0.4) is 0 Å². The van der Waals surface area contributed by atoms with Gasteiger partial charge in [-0.15, -0.1) is 0 Å². The zero-order valence-corrected chi connectivity index (χ0v) is 10.5. The van der Waals surface area contributed by atoms with Crippen molar-refractivity contribution >= 4 is 0 Å². The molecule has 0 aliphatic heterocycles. The Balaban J connectivity index is 2.92. The van der Waals surface area contributed by atoms with Gasteiger partial charge in [-0.1, -0.05) is 13.5 Å². The van der Waals surface area contributed by atoms with E-state index in [0.717, 1.165) is 12.5 Å². The Morgan fingerprint density at radius 3 is 2.40 bits per heavy atom. The number of rotatable bonds is 5. The van der Waals surface area contributed by atoms with Crippen LogP contribution in [0.25, 0.3) is 0 Å². The van der Waals surface area contributed by atoms with E-state index in [-0.39, 0.29) is 0 Å². The minimum Gasteiger partial charge on any atom is -0.384 e. The predicted octanol–water partition coefficient (Wildman–Crippen LogP) is 2.60. The van der Waals surface area contributed by atoms with Crippen molar-refractivity contribution in [3.05, 3.63) is 24.0 Å². The van der Waals surface area contributed by atoms with E-state index in [1.165, 1.54) is 24.2 Å². The second-order valence-corrected chi connectivity index (χ2v) is 4.59. The zero-order chi connectivity index (χ0) is 11.4. The molecule has 0 heterocycles. The summed E-state index contributed by atoms with van der Waals surface area (Å²) in [5, 5.41) is 3.40. The van der Waals surface area contributed by atoms with Crippen LogP contribution in [0.4, 0.5) is 0 Å². The van der Waals surface area contributed by atoms with Crippen LogP contribution in [0, 0.1) is 11.8 Å². The number of nitrogens with zero attached hydrogens (tertiary/aromatic N) is 1. The highest BCUT2D eigenvalue weighted by Crippen LogP contribution is 2.40. The van der Waals surface area contributed by atoms with Gasteiger partial charge in [-0.05, 0) is 31.8 Å². The highest BCUT2D eigenvalue weighted by molar-refractivity contribution is 5.25. The third-order valence-electron chi connectivity index (χ3n) is 3.30. The lowest BCUT2D eigenvalue weighted by molar-refractivity contribution is 0.196. The summed E-state index contributed by atoms with van der Waals surface area (Å²) in [5.41, 5.74) is 2.63. The fourth-order valence-corrected chi connectivity index (χ4v) is 2.30. The normalized spacial score (nSPS) is 26.4. The minimum absolute atomic E-state index is 0.715. The Morgan fingerprint density at radius 2 is 2.13 bits per heavy atom. The molecule has 2 atom stereocenters. The third-order valence-corrected chi connectivity index (χ3v) is 3.30. The van der Waals surface area contributed by atoms with Gasteiger partial charge < -0.3 is 10.2 Å². The van der Waals surface area contributed by atoms with E-state index in [2.05, 4.69) is 44.7 Å². The molecule has 1 unspecified atom stereocenters. The molecule has 2 nitrogen and oxygen atoms in total. The van der Waals surface area contributed by atoms with Gasteiger partial charge in [0.2, 0.25) is 0 Å². The average Bonchev–Trinajstić information content (AvgIpc) is 2.20. The van der Waals surface area contributed by atoms with Crippen molar-refractivity contribution in [3.8, 4) is 0 Å². The molecule has 86 valence electrons. The molecule has 1 rings (SSSR count). The van der Waals surface area contributed by atoms with Crippen molar-refractivity contribution in [2.24, 2.45) is 11.8 Å². The van der Waals surface area contributed by atoms with Crippen molar-refractivity contribution in [2.75, 3.05) is 20.6 Å². The molecule has 0 aromatic heterocycles. The van der Waals surface area contributed by atoms with Crippen molar-refractivity contribution in [3.63, 3.8) is 0 Å². The minimum atomic E-state index is 0.715. The van der Waals surface area contributed by atoms with Gasteiger partial charge in [0.25, 0.3) is 0 Å². The molecule has 1 N–H and O–H groups in total. The van der Waals surface area contributed by atoms with E-state index >= 15 is 0 Å². The second kappa shape index (κ2) is 5.24. The van der Waals surface area contributed by atoms with Crippen molar-refractivity contribution in [1.82, 2.24) is 10.2 Å². The number of hydrogen-bond acceptors (Lipinski definition) is 2. The molecule has 0 spiro atoms. The topological polar surface area (TPSA) is 15.3 Å². The summed E-state index contributed by atoms with van der Waals surface area (Å²) < 4.78 is 0. The van der Waals surface area contributed by atoms with Gasteiger partial charge >= 0.3 is 0 Å². The van der Waals surface area contributed by atoms with Crippen LogP contribution in [0.5, 0.6) is 0 Å². The molecular weight excluding hydrogens is 184 g/mol. The molecule has 0 amide bonds. The summed E-state index contributed by atoms with van der Waals surface area (Å²) in [4.78, 5) is 2.24.